The molecule has 1 aliphatic carbocycles. The third kappa shape index (κ3) is 4.82. The van der Waals surface area contributed by atoms with Crippen LogP contribution in [0.4, 0.5) is 10.5 Å². The number of aryl methyl sites for hydroxylation is 1. The van der Waals surface area contributed by atoms with E-state index in [4.69, 9.17) is 0 Å². The van der Waals surface area contributed by atoms with Crippen LogP contribution in [-0.4, -0.2) is 40.7 Å². The highest BCUT2D eigenvalue weighted by atomic mass is 16.2. The molecular formula is C29H28N4O4. The fourth-order valence-electron chi connectivity index (χ4n) is 5.07. The zero-order valence-electron chi connectivity index (χ0n) is 20.5. The molecule has 5 amide bonds. The van der Waals surface area contributed by atoms with E-state index in [-0.39, 0.29) is 17.5 Å². The fraction of sp³-hybridized carbons (Fsp3) is 0.241. The van der Waals surface area contributed by atoms with Crippen molar-refractivity contribution in [2.45, 2.75) is 37.8 Å². The van der Waals surface area contributed by atoms with Gasteiger partial charge in [0.2, 0.25) is 5.91 Å². The molecule has 37 heavy (non-hydrogen) atoms. The van der Waals surface area contributed by atoms with E-state index in [1.807, 2.05) is 61.5 Å². The quantitative estimate of drug-likeness (QED) is 0.453. The summed E-state index contributed by atoms with van der Waals surface area (Å²) < 4.78 is 0. The number of imide groups is 1. The van der Waals surface area contributed by atoms with Crippen LogP contribution in [0.3, 0.4) is 0 Å². The number of anilines is 1. The molecule has 1 spiro atoms. The average molecular weight is 497 g/mol. The number of para-hydroxylation sites is 1. The lowest BCUT2D eigenvalue weighted by Crippen LogP contribution is -2.51. The van der Waals surface area contributed by atoms with Crippen LogP contribution in [-0.2, 0) is 22.4 Å². The van der Waals surface area contributed by atoms with Crippen molar-refractivity contribution < 1.29 is 19.2 Å². The fourth-order valence-corrected chi connectivity index (χ4v) is 5.07. The van der Waals surface area contributed by atoms with Gasteiger partial charge in [0, 0.05) is 6.42 Å². The van der Waals surface area contributed by atoms with E-state index in [0.29, 0.717) is 24.9 Å². The van der Waals surface area contributed by atoms with Gasteiger partial charge in [-0.15, -0.1) is 0 Å². The maximum atomic E-state index is 13.3. The lowest BCUT2D eigenvalue weighted by molar-refractivity contribution is -0.134. The predicted octanol–water partition coefficient (Wildman–Crippen LogP) is 3.60. The van der Waals surface area contributed by atoms with E-state index < -0.39 is 29.9 Å². The molecule has 5 rings (SSSR count). The van der Waals surface area contributed by atoms with Gasteiger partial charge in [-0.3, -0.25) is 19.3 Å². The Balaban J connectivity index is 1.26. The highest BCUT2D eigenvalue weighted by molar-refractivity contribution is 6.11. The SMILES string of the molecule is C[C@H](NC(=O)c1ccccc1NC(=O)CN1C(=O)N[C@@]2(CCc3ccccc3C2)C1=O)c1ccccc1. The number of urea groups is 1. The molecule has 1 fully saturated rings. The second-order valence-electron chi connectivity index (χ2n) is 9.55. The number of rotatable bonds is 6. The molecule has 2 aliphatic rings. The number of hydrogen-bond acceptors (Lipinski definition) is 4. The molecule has 0 radical (unpaired) electrons. The highest BCUT2D eigenvalue weighted by Crippen LogP contribution is 2.33. The number of fused-ring (bicyclic) bond motifs is 1. The van der Waals surface area contributed by atoms with Crippen molar-refractivity contribution in [1.29, 1.82) is 0 Å². The van der Waals surface area contributed by atoms with Crippen molar-refractivity contribution >= 4 is 29.4 Å². The van der Waals surface area contributed by atoms with Crippen molar-refractivity contribution in [3.63, 3.8) is 0 Å². The van der Waals surface area contributed by atoms with Gasteiger partial charge in [-0.05, 0) is 48.6 Å². The molecule has 8 heteroatoms. The summed E-state index contributed by atoms with van der Waals surface area (Å²) in [4.78, 5) is 52.9. The van der Waals surface area contributed by atoms with Crippen molar-refractivity contribution in [1.82, 2.24) is 15.5 Å². The third-order valence-electron chi connectivity index (χ3n) is 7.07. The largest absolute Gasteiger partial charge is 0.345 e. The first-order valence-electron chi connectivity index (χ1n) is 12.3. The molecule has 0 unspecified atom stereocenters. The molecule has 3 N–H and O–H groups in total. The topological polar surface area (TPSA) is 108 Å². The summed E-state index contributed by atoms with van der Waals surface area (Å²) in [5, 5.41) is 8.49. The Morgan fingerprint density at radius 1 is 0.946 bits per heavy atom. The second-order valence-corrected chi connectivity index (χ2v) is 9.55. The summed E-state index contributed by atoms with van der Waals surface area (Å²) in [6.45, 7) is 1.44. The van der Waals surface area contributed by atoms with Crippen LogP contribution >= 0.6 is 0 Å². The molecule has 0 aromatic heterocycles. The third-order valence-corrected chi connectivity index (χ3v) is 7.07. The molecule has 3 aromatic rings. The van der Waals surface area contributed by atoms with Crippen molar-refractivity contribution in [3.05, 3.63) is 101 Å². The molecule has 1 saturated heterocycles. The van der Waals surface area contributed by atoms with E-state index in [1.165, 1.54) is 5.56 Å². The lowest BCUT2D eigenvalue weighted by atomic mass is 9.78. The Bertz CT molecular complexity index is 1370. The van der Waals surface area contributed by atoms with Crippen molar-refractivity contribution in [2.75, 3.05) is 11.9 Å². The van der Waals surface area contributed by atoms with E-state index in [1.54, 1.807) is 24.3 Å². The molecule has 0 bridgehead atoms. The number of hydrogen-bond donors (Lipinski definition) is 3. The molecule has 0 saturated carbocycles. The Labute approximate surface area is 215 Å². The summed E-state index contributed by atoms with van der Waals surface area (Å²) in [5.74, 6) is -1.31. The molecule has 8 nitrogen and oxygen atoms in total. The summed E-state index contributed by atoms with van der Waals surface area (Å²) in [6.07, 6.45) is 1.55. The van der Waals surface area contributed by atoms with Gasteiger partial charge in [-0.1, -0.05) is 66.7 Å². The van der Waals surface area contributed by atoms with Crippen molar-refractivity contribution in [2.24, 2.45) is 0 Å². The standard InChI is InChI=1S/C29H28N4O4/c1-19(20-9-3-2-4-10-20)30-26(35)23-13-7-8-14-24(23)31-25(34)18-33-27(36)29(32-28(33)37)16-15-21-11-5-6-12-22(21)17-29/h2-14,19H,15-18H2,1H3,(H,30,35)(H,31,34)(H,32,37)/t19-,29+/m0/s1. The van der Waals surface area contributed by atoms with Gasteiger partial charge in [-0.25, -0.2) is 4.79 Å². The first-order valence-corrected chi connectivity index (χ1v) is 12.3. The Morgan fingerprint density at radius 3 is 2.41 bits per heavy atom. The van der Waals surface area contributed by atoms with Crippen LogP contribution in [0.25, 0.3) is 0 Å². The zero-order valence-corrected chi connectivity index (χ0v) is 20.5. The van der Waals surface area contributed by atoms with E-state index >= 15 is 0 Å². The van der Waals surface area contributed by atoms with Crippen LogP contribution in [0.1, 0.15) is 46.4 Å². The highest BCUT2D eigenvalue weighted by Gasteiger charge is 2.52. The molecule has 3 aromatic carbocycles. The Kier molecular flexibility index (Phi) is 6.48. The maximum Gasteiger partial charge on any atom is 0.325 e. The average Bonchev–Trinajstić information content (AvgIpc) is 3.12. The van der Waals surface area contributed by atoms with Gasteiger partial charge in [-0.2, -0.15) is 0 Å². The van der Waals surface area contributed by atoms with Crippen molar-refractivity contribution in [3.8, 4) is 0 Å². The van der Waals surface area contributed by atoms with Gasteiger partial charge in [0.15, 0.2) is 0 Å². The molecule has 1 aliphatic heterocycles. The first kappa shape index (κ1) is 24.2. The van der Waals surface area contributed by atoms with Crippen LogP contribution < -0.4 is 16.0 Å². The summed E-state index contributed by atoms with van der Waals surface area (Å²) in [7, 11) is 0. The normalized spacial score (nSPS) is 19.2. The minimum atomic E-state index is -1.03. The van der Waals surface area contributed by atoms with E-state index in [0.717, 1.165) is 16.0 Å². The van der Waals surface area contributed by atoms with Gasteiger partial charge in [0.25, 0.3) is 11.8 Å². The summed E-state index contributed by atoms with van der Waals surface area (Å²) >= 11 is 0. The van der Waals surface area contributed by atoms with Crippen LogP contribution in [0, 0.1) is 0 Å². The monoisotopic (exact) mass is 496 g/mol. The Hall–Kier alpha value is -4.46. The van der Waals surface area contributed by atoms with Crippen LogP contribution in [0.2, 0.25) is 0 Å². The number of carbonyl (C=O) groups excluding carboxylic acids is 4. The smallest absolute Gasteiger partial charge is 0.325 e. The van der Waals surface area contributed by atoms with Gasteiger partial charge >= 0.3 is 6.03 Å². The molecule has 1 heterocycles. The van der Waals surface area contributed by atoms with Gasteiger partial charge in [0.05, 0.1) is 17.3 Å². The number of nitrogens with one attached hydrogen (secondary N) is 3. The maximum absolute atomic E-state index is 13.3. The minimum Gasteiger partial charge on any atom is -0.345 e. The second kappa shape index (κ2) is 9.89. The predicted molar refractivity (Wildman–Crippen MR) is 139 cm³/mol. The zero-order chi connectivity index (χ0) is 26.0. The Morgan fingerprint density at radius 2 is 1.62 bits per heavy atom. The summed E-state index contributed by atoms with van der Waals surface area (Å²) in [6, 6.07) is 23.3. The van der Waals surface area contributed by atoms with Crippen LogP contribution in [0.5, 0.6) is 0 Å². The van der Waals surface area contributed by atoms with Crippen LogP contribution in [0.15, 0.2) is 78.9 Å². The van der Waals surface area contributed by atoms with Gasteiger partial charge < -0.3 is 16.0 Å². The lowest BCUT2D eigenvalue weighted by Gasteiger charge is -2.32. The number of carbonyl (C=O) groups is 4. The number of benzene rings is 3. The molecule has 188 valence electrons. The molecule has 2 atom stereocenters. The van der Waals surface area contributed by atoms with Gasteiger partial charge in [0.1, 0.15) is 12.1 Å². The summed E-state index contributed by atoms with van der Waals surface area (Å²) in [5.41, 5.74) is 2.71. The number of nitrogens with zero attached hydrogens (tertiary/aromatic N) is 1. The van der Waals surface area contributed by atoms with E-state index in [2.05, 4.69) is 16.0 Å². The number of amides is 5. The first-order chi connectivity index (χ1) is 17.9. The molecular weight excluding hydrogens is 468 g/mol. The minimum absolute atomic E-state index is 0.236. The van der Waals surface area contributed by atoms with E-state index in [9.17, 15) is 19.2 Å².